The van der Waals surface area contributed by atoms with Crippen LogP contribution in [0.5, 0.6) is 5.75 Å². The number of para-hydroxylation sites is 1. The molecule has 4 rings (SSSR count). The largest absolute Gasteiger partial charge is 0.506 e. The van der Waals surface area contributed by atoms with Gasteiger partial charge in [-0.2, -0.15) is 5.10 Å². The third kappa shape index (κ3) is 5.67. The molecule has 0 unspecified atom stereocenters. The van der Waals surface area contributed by atoms with Gasteiger partial charge in [-0.3, -0.25) is 14.3 Å². The summed E-state index contributed by atoms with van der Waals surface area (Å²) < 4.78 is 3.18. The van der Waals surface area contributed by atoms with Gasteiger partial charge >= 0.3 is 0 Å². The van der Waals surface area contributed by atoms with Crippen molar-refractivity contribution >= 4 is 55.7 Å². The van der Waals surface area contributed by atoms with Crippen LogP contribution in [0.15, 0.2) is 86.2 Å². The number of phenolic OH excluding ortho intramolecular Hbond substituents is 1. The predicted octanol–water partition coefficient (Wildman–Crippen LogP) is 4.80. The number of thioether (sulfide) groups is 1. The summed E-state index contributed by atoms with van der Waals surface area (Å²) in [5, 5.41) is 23.2. The second-order valence-corrected chi connectivity index (χ2v) is 9.33. The minimum absolute atomic E-state index is 0.0326. The standard InChI is InChI=1S/C22H16Br2N6O2S/c23-16-10-15(20(32)18(24)11-16)12-26-27-19(31)13-33-22-29-28-21(14-6-8-25-9-7-14)30(22)17-4-2-1-3-5-17/h1-12,32H,13H2,(H,27,31)/b26-12+. The normalized spacial score (nSPS) is 11.1. The molecular formula is C22H16Br2N6O2S. The van der Waals surface area contributed by atoms with E-state index in [1.807, 2.05) is 47.0 Å². The monoisotopic (exact) mass is 586 g/mol. The minimum atomic E-state index is -0.321. The lowest BCUT2D eigenvalue weighted by Gasteiger charge is -2.10. The topological polar surface area (TPSA) is 105 Å². The average molecular weight is 588 g/mol. The molecule has 33 heavy (non-hydrogen) atoms. The Morgan fingerprint density at radius 1 is 1.12 bits per heavy atom. The first kappa shape index (κ1) is 23.1. The van der Waals surface area contributed by atoms with Gasteiger partial charge in [0, 0.05) is 33.7 Å². The summed E-state index contributed by atoms with van der Waals surface area (Å²) in [7, 11) is 0. The number of carbonyl (C=O) groups is 1. The molecule has 0 atom stereocenters. The number of hydrogen-bond acceptors (Lipinski definition) is 7. The van der Waals surface area contributed by atoms with Gasteiger partial charge in [-0.05, 0) is 52.3 Å². The lowest BCUT2D eigenvalue weighted by Crippen LogP contribution is -2.20. The summed E-state index contributed by atoms with van der Waals surface area (Å²) in [6, 6.07) is 16.8. The number of phenols is 1. The molecule has 2 N–H and O–H groups in total. The van der Waals surface area contributed by atoms with Crippen molar-refractivity contribution in [1.82, 2.24) is 25.2 Å². The van der Waals surface area contributed by atoms with Crippen LogP contribution in [-0.2, 0) is 4.79 Å². The summed E-state index contributed by atoms with van der Waals surface area (Å²) in [6.07, 6.45) is 4.76. The molecule has 1 amide bonds. The SMILES string of the molecule is O=C(CSc1nnc(-c2ccncc2)n1-c1ccccc1)N/N=C/c1cc(Br)cc(Br)c1O. The molecular weight excluding hydrogens is 572 g/mol. The highest BCUT2D eigenvalue weighted by molar-refractivity contribution is 9.11. The summed E-state index contributed by atoms with van der Waals surface area (Å²) in [5.74, 6) is 0.440. The maximum absolute atomic E-state index is 12.4. The van der Waals surface area contributed by atoms with E-state index in [1.54, 1.807) is 24.5 Å². The van der Waals surface area contributed by atoms with E-state index in [0.29, 0.717) is 21.0 Å². The smallest absolute Gasteiger partial charge is 0.250 e. The van der Waals surface area contributed by atoms with Crippen molar-refractivity contribution in [3.05, 3.63) is 81.5 Å². The molecule has 0 aliphatic carbocycles. The number of halogens is 2. The molecule has 0 spiro atoms. The van der Waals surface area contributed by atoms with Gasteiger partial charge in [0.1, 0.15) is 5.75 Å². The maximum Gasteiger partial charge on any atom is 0.250 e. The fraction of sp³-hybridized carbons (Fsp3) is 0.0455. The van der Waals surface area contributed by atoms with Crippen LogP contribution in [0.25, 0.3) is 17.1 Å². The number of nitrogens with zero attached hydrogens (tertiary/aromatic N) is 5. The van der Waals surface area contributed by atoms with Crippen molar-refractivity contribution in [2.45, 2.75) is 5.16 Å². The summed E-state index contributed by atoms with van der Waals surface area (Å²) >= 11 is 7.86. The van der Waals surface area contributed by atoms with E-state index >= 15 is 0 Å². The third-order valence-corrected chi connectivity index (χ3v) is 6.36. The van der Waals surface area contributed by atoms with Gasteiger partial charge in [0.05, 0.1) is 16.4 Å². The Hall–Kier alpha value is -3.02. The van der Waals surface area contributed by atoms with E-state index in [0.717, 1.165) is 15.7 Å². The van der Waals surface area contributed by atoms with Crippen molar-refractivity contribution in [2.24, 2.45) is 5.10 Å². The van der Waals surface area contributed by atoms with Crippen LogP contribution in [-0.4, -0.2) is 42.7 Å². The molecule has 11 heteroatoms. The molecule has 0 saturated carbocycles. The van der Waals surface area contributed by atoms with Gasteiger partial charge in [-0.1, -0.05) is 45.9 Å². The zero-order valence-corrected chi connectivity index (χ0v) is 20.9. The van der Waals surface area contributed by atoms with E-state index in [-0.39, 0.29) is 17.4 Å². The molecule has 0 fully saturated rings. The van der Waals surface area contributed by atoms with Gasteiger partial charge in [0.25, 0.3) is 5.91 Å². The number of hydrazone groups is 1. The molecule has 0 radical (unpaired) electrons. The summed E-state index contributed by atoms with van der Waals surface area (Å²) in [4.78, 5) is 16.4. The Morgan fingerprint density at radius 2 is 1.88 bits per heavy atom. The van der Waals surface area contributed by atoms with Gasteiger partial charge in [-0.25, -0.2) is 5.43 Å². The minimum Gasteiger partial charge on any atom is -0.506 e. The number of hydrogen-bond donors (Lipinski definition) is 2. The Bertz CT molecular complexity index is 1300. The van der Waals surface area contributed by atoms with Crippen LogP contribution in [0.2, 0.25) is 0 Å². The molecule has 8 nitrogen and oxygen atoms in total. The van der Waals surface area contributed by atoms with Crippen LogP contribution in [0, 0.1) is 0 Å². The van der Waals surface area contributed by atoms with Gasteiger partial charge in [-0.15, -0.1) is 10.2 Å². The Balaban J connectivity index is 1.48. The van der Waals surface area contributed by atoms with E-state index in [2.05, 4.69) is 57.6 Å². The van der Waals surface area contributed by atoms with Crippen molar-refractivity contribution in [3.63, 3.8) is 0 Å². The number of carbonyl (C=O) groups excluding carboxylic acids is 1. The van der Waals surface area contributed by atoms with E-state index < -0.39 is 0 Å². The van der Waals surface area contributed by atoms with Crippen LogP contribution < -0.4 is 5.43 Å². The maximum atomic E-state index is 12.4. The van der Waals surface area contributed by atoms with Crippen LogP contribution >= 0.6 is 43.6 Å². The molecule has 0 aliphatic rings. The van der Waals surface area contributed by atoms with Crippen molar-refractivity contribution < 1.29 is 9.90 Å². The quantitative estimate of drug-likeness (QED) is 0.183. The van der Waals surface area contributed by atoms with Crippen LogP contribution in [0.1, 0.15) is 5.56 Å². The van der Waals surface area contributed by atoms with Crippen LogP contribution in [0.3, 0.4) is 0 Å². The van der Waals surface area contributed by atoms with E-state index in [4.69, 9.17) is 0 Å². The number of rotatable bonds is 7. The average Bonchev–Trinajstić information content (AvgIpc) is 3.26. The molecule has 0 aliphatic heterocycles. The van der Waals surface area contributed by atoms with E-state index in [1.165, 1.54) is 18.0 Å². The van der Waals surface area contributed by atoms with Crippen molar-refractivity contribution in [2.75, 3.05) is 5.75 Å². The second-order valence-electron chi connectivity index (χ2n) is 6.62. The molecule has 166 valence electrons. The highest BCUT2D eigenvalue weighted by Crippen LogP contribution is 2.30. The lowest BCUT2D eigenvalue weighted by atomic mass is 10.2. The number of pyridine rings is 1. The van der Waals surface area contributed by atoms with Gasteiger partial charge in [0.2, 0.25) is 0 Å². The fourth-order valence-electron chi connectivity index (χ4n) is 2.88. The molecule has 2 heterocycles. The highest BCUT2D eigenvalue weighted by Gasteiger charge is 2.17. The second kappa shape index (κ2) is 10.7. The molecule has 0 saturated heterocycles. The molecule has 2 aromatic heterocycles. The van der Waals surface area contributed by atoms with E-state index in [9.17, 15) is 9.90 Å². The summed E-state index contributed by atoms with van der Waals surface area (Å²) in [6.45, 7) is 0. The number of nitrogens with one attached hydrogen (secondary N) is 1. The van der Waals surface area contributed by atoms with Crippen LogP contribution in [0.4, 0.5) is 0 Å². The third-order valence-electron chi connectivity index (χ3n) is 4.37. The number of benzene rings is 2. The zero-order chi connectivity index (χ0) is 23.2. The Kier molecular flexibility index (Phi) is 7.53. The van der Waals surface area contributed by atoms with Gasteiger partial charge < -0.3 is 5.11 Å². The Labute approximate surface area is 210 Å². The first-order chi connectivity index (χ1) is 16.0. The predicted molar refractivity (Wildman–Crippen MR) is 135 cm³/mol. The molecule has 4 aromatic rings. The lowest BCUT2D eigenvalue weighted by molar-refractivity contribution is -0.118. The molecule has 2 aromatic carbocycles. The summed E-state index contributed by atoms with van der Waals surface area (Å²) in [5.41, 5.74) is 4.66. The fourth-order valence-corrected chi connectivity index (χ4v) is 4.88. The number of amides is 1. The first-order valence-corrected chi connectivity index (χ1v) is 12.1. The first-order valence-electron chi connectivity index (χ1n) is 9.57. The highest BCUT2D eigenvalue weighted by atomic mass is 79.9. The number of aromatic nitrogens is 4. The Morgan fingerprint density at radius 3 is 2.64 bits per heavy atom. The zero-order valence-electron chi connectivity index (χ0n) is 16.9. The van der Waals surface area contributed by atoms with Crippen molar-refractivity contribution in [3.8, 4) is 22.8 Å². The molecule has 0 bridgehead atoms. The van der Waals surface area contributed by atoms with Crippen molar-refractivity contribution in [1.29, 1.82) is 0 Å². The number of aromatic hydroxyl groups is 1. The van der Waals surface area contributed by atoms with Gasteiger partial charge in [0.15, 0.2) is 11.0 Å².